The lowest BCUT2D eigenvalue weighted by atomic mass is 10.0. The van der Waals surface area contributed by atoms with Crippen molar-refractivity contribution >= 4 is 16.9 Å². The van der Waals surface area contributed by atoms with Crippen LogP contribution in [0.3, 0.4) is 0 Å². The Balaban J connectivity index is 1.98. The maximum absolute atomic E-state index is 11.9. The number of rotatable bonds is 3. The van der Waals surface area contributed by atoms with E-state index in [0.29, 0.717) is 6.42 Å². The molecule has 0 saturated carbocycles. The first-order chi connectivity index (χ1) is 9.54. The molecule has 0 radical (unpaired) electrons. The molecule has 3 rings (SSSR count). The van der Waals surface area contributed by atoms with Crippen molar-refractivity contribution < 1.29 is 9.53 Å². The van der Waals surface area contributed by atoms with Crippen LogP contribution in [0.2, 0.25) is 0 Å². The first-order valence-corrected chi connectivity index (χ1v) is 7.37. The zero-order valence-corrected chi connectivity index (χ0v) is 12.4. The Morgan fingerprint density at radius 1 is 1.30 bits per heavy atom. The fourth-order valence-corrected chi connectivity index (χ4v) is 3.13. The van der Waals surface area contributed by atoms with Gasteiger partial charge in [-0.15, -0.1) is 0 Å². The molecule has 106 valence electrons. The van der Waals surface area contributed by atoms with Gasteiger partial charge < -0.3 is 9.72 Å². The van der Waals surface area contributed by atoms with Gasteiger partial charge in [0.25, 0.3) is 0 Å². The van der Waals surface area contributed by atoms with Gasteiger partial charge in [0.15, 0.2) is 0 Å². The van der Waals surface area contributed by atoms with E-state index in [1.54, 1.807) is 0 Å². The van der Waals surface area contributed by atoms with E-state index in [-0.39, 0.29) is 12.1 Å². The van der Waals surface area contributed by atoms with E-state index < -0.39 is 0 Å². The van der Waals surface area contributed by atoms with Gasteiger partial charge >= 0.3 is 5.97 Å². The average molecular weight is 271 g/mol. The topological polar surface area (TPSA) is 42.1 Å². The number of aromatic nitrogens is 1. The lowest BCUT2D eigenvalue weighted by Crippen LogP contribution is -2.13. The number of carbonyl (C=O) groups is 1. The number of aromatic amines is 1. The summed E-state index contributed by atoms with van der Waals surface area (Å²) in [5, 5.41) is 1.18. The van der Waals surface area contributed by atoms with E-state index in [2.05, 4.69) is 17.1 Å². The SMILES string of the molecule is Cc1[nH]c2cc3c(cc2c1CC(=O)OC(C)C)CCC3. The molecule has 0 unspecified atom stereocenters. The van der Waals surface area contributed by atoms with Gasteiger partial charge in [-0.25, -0.2) is 0 Å². The van der Waals surface area contributed by atoms with Crippen LogP contribution in [0.5, 0.6) is 0 Å². The quantitative estimate of drug-likeness (QED) is 0.869. The Kier molecular flexibility index (Phi) is 3.28. The first kappa shape index (κ1) is 13.2. The Morgan fingerprint density at radius 2 is 2.00 bits per heavy atom. The molecule has 0 fully saturated rings. The monoisotopic (exact) mass is 271 g/mol. The number of hydrogen-bond donors (Lipinski definition) is 1. The number of nitrogens with one attached hydrogen (secondary N) is 1. The summed E-state index contributed by atoms with van der Waals surface area (Å²) >= 11 is 0. The number of benzene rings is 1. The van der Waals surface area contributed by atoms with Crippen molar-refractivity contribution in [2.45, 2.75) is 52.6 Å². The van der Waals surface area contributed by atoms with Gasteiger partial charge in [0.2, 0.25) is 0 Å². The summed E-state index contributed by atoms with van der Waals surface area (Å²) in [5.41, 5.74) is 6.20. The van der Waals surface area contributed by atoms with Gasteiger partial charge in [0.1, 0.15) is 0 Å². The largest absolute Gasteiger partial charge is 0.463 e. The number of ether oxygens (including phenoxy) is 1. The van der Waals surface area contributed by atoms with Crippen LogP contribution in [0.25, 0.3) is 10.9 Å². The molecule has 1 aromatic heterocycles. The van der Waals surface area contributed by atoms with Crippen LogP contribution in [0, 0.1) is 6.92 Å². The highest BCUT2D eigenvalue weighted by Crippen LogP contribution is 2.30. The molecule has 0 saturated heterocycles. The van der Waals surface area contributed by atoms with E-state index in [1.807, 2.05) is 20.8 Å². The van der Waals surface area contributed by atoms with Gasteiger partial charge in [-0.05, 0) is 68.9 Å². The maximum Gasteiger partial charge on any atom is 0.310 e. The van der Waals surface area contributed by atoms with E-state index >= 15 is 0 Å². The molecular formula is C17H21NO2. The van der Waals surface area contributed by atoms with Crippen LogP contribution in [-0.2, 0) is 28.8 Å². The van der Waals surface area contributed by atoms with Crippen LogP contribution in [0.15, 0.2) is 12.1 Å². The van der Waals surface area contributed by atoms with Crippen LogP contribution in [0.4, 0.5) is 0 Å². The summed E-state index contributed by atoms with van der Waals surface area (Å²) in [6, 6.07) is 4.51. The van der Waals surface area contributed by atoms with E-state index in [9.17, 15) is 4.79 Å². The molecule has 1 aliphatic rings. The van der Waals surface area contributed by atoms with Gasteiger partial charge in [-0.1, -0.05) is 0 Å². The second kappa shape index (κ2) is 4.97. The zero-order valence-electron chi connectivity index (χ0n) is 12.4. The van der Waals surface area contributed by atoms with Crippen molar-refractivity contribution in [3.63, 3.8) is 0 Å². The Hall–Kier alpha value is -1.77. The predicted octanol–water partition coefficient (Wildman–Crippen LogP) is 3.46. The summed E-state index contributed by atoms with van der Waals surface area (Å²) in [7, 11) is 0. The molecule has 0 amide bonds. The van der Waals surface area contributed by atoms with Crippen molar-refractivity contribution in [3.05, 3.63) is 34.5 Å². The molecule has 3 heteroatoms. The summed E-state index contributed by atoms with van der Waals surface area (Å²) in [4.78, 5) is 15.3. The number of aryl methyl sites for hydroxylation is 3. The van der Waals surface area contributed by atoms with Gasteiger partial charge in [0, 0.05) is 16.6 Å². The van der Waals surface area contributed by atoms with Crippen LogP contribution in [0.1, 0.15) is 42.7 Å². The van der Waals surface area contributed by atoms with Gasteiger partial charge in [0.05, 0.1) is 12.5 Å². The van der Waals surface area contributed by atoms with Crippen molar-refractivity contribution in [1.29, 1.82) is 0 Å². The molecule has 2 aromatic rings. The Bertz CT molecular complexity index is 667. The lowest BCUT2D eigenvalue weighted by Gasteiger charge is -2.08. The number of fused-ring (bicyclic) bond motifs is 2. The van der Waals surface area contributed by atoms with E-state index in [4.69, 9.17) is 4.74 Å². The molecule has 0 aliphatic heterocycles. The van der Waals surface area contributed by atoms with Crippen molar-refractivity contribution in [1.82, 2.24) is 4.98 Å². The zero-order chi connectivity index (χ0) is 14.3. The van der Waals surface area contributed by atoms with Crippen LogP contribution in [-0.4, -0.2) is 17.1 Å². The minimum Gasteiger partial charge on any atom is -0.463 e. The fraction of sp³-hybridized carbons (Fsp3) is 0.471. The summed E-state index contributed by atoms with van der Waals surface area (Å²) in [6.45, 7) is 5.79. The fourth-order valence-electron chi connectivity index (χ4n) is 3.13. The van der Waals surface area contributed by atoms with Crippen molar-refractivity contribution in [2.24, 2.45) is 0 Å². The third-order valence-corrected chi connectivity index (χ3v) is 4.02. The predicted molar refractivity (Wildman–Crippen MR) is 80.0 cm³/mol. The second-order valence-corrected chi connectivity index (χ2v) is 5.96. The Morgan fingerprint density at radius 3 is 2.70 bits per heavy atom. The van der Waals surface area contributed by atoms with Crippen molar-refractivity contribution in [2.75, 3.05) is 0 Å². The third-order valence-electron chi connectivity index (χ3n) is 4.02. The minimum absolute atomic E-state index is 0.0581. The van der Waals surface area contributed by atoms with Crippen LogP contribution >= 0.6 is 0 Å². The van der Waals surface area contributed by atoms with Crippen molar-refractivity contribution in [3.8, 4) is 0 Å². The highest BCUT2D eigenvalue weighted by molar-refractivity contribution is 5.90. The summed E-state index contributed by atoms with van der Waals surface area (Å²) < 4.78 is 5.27. The van der Waals surface area contributed by atoms with E-state index in [1.165, 1.54) is 29.4 Å². The molecule has 20 heavy (non-hydrogen) atoms. The number of carbonyl (C=O) groups excluding carboxylic acids is 1. The summed E-state index contributed by atoms with van der Waals surface area (Å²) in [6.07, 6.45) is 3.87. The third kappa shape index (κ3) is 2.33. The molecular weight excluding hydrogens is 250 g/mol. The van der Waals surface area contributed by atoms with Gasteiger partial charge in [-0.3, -0.25) is 4.79 Å². The average Bonchev–Trinajstić information content (AvgIpc) is 2.91. The molecule has 1 heterocycles. The highest BCUT2D eigenvalue weighted by Gasteiger charge is 2.18. The highest BCUT2D eigenvalue weighted by atomic mass is 16.5. The Labute approximate surface area is 119 Å². The standard InChI is InChI=1S/C17H21NO2/c1-10(2)20-17(19)9-14-11(3)18-16-8-13-6-4-5-12(13)7-15(14)16/h7-8,10,18H,4-6,9H2,1-3H3. The smallest absolute Gasteiger partial charge is 0.310 e. The first-order valence-electron chi connectivity index (χ1n) is 7.37. The van der Waals surface area contributed by atoms with Crippen LogP contribution < -0.4 is 0 Å². The van der Waals surface area contributed by atoms with E-state index in [0.717, 1.165) is 23.2 Å². The molecule has 0 atom stereocenters. The number of H-pyrrole nitrogens is 1. The normalized spacial score (nSPS) is 14.0. The molecule has 0 bridgehead atoms. The minimum atomic E-state index is -0.149. The summed E-state index contributed by atoms with van der Waals surface area (Å²) in [5.74, 6) is -0.149. The molecule has 1 aromatic carbocycles. The number of hydrogen-bond acceptors (Lipinski definition) is 2. The molecule has 3 nitrogen and oxygen atoms in total. The molecule has 1 N–H and O–H groups in total. The maximum atomic E-state index is 11.9. The van der Waals surface area contributed by atoms with Gasteiger partial charge in [-0.2, -0.15) is 0 Å². The lowest BCUT2D eigenvalue weighted by molar-refractivity contribution is -0.146. The number of esters is 1. The second-order valence-electron chi connectivity index (χ2n) is 5.96. The molecule has 0 spiro atoms. The molecule has 1 aliphatic carbocycles.